The van der Waals surface area contributed by atoms with Crippen LogP contribution in [-0.2, 0) is 4.79 Å². The van der Waals surface area contributed by atoms with Crippen LogP contribution in [0.3, 0.4) is 0 Å². The largest absolute Gasteiger partial charge is 0.480 e. The summed E-state index contributed by atoms with van der Waals surface area (Å²) >= 11 is 7.62. The van der Waals surface area contributed by atoms with E-state index in [1.807, 2.05) is 6.92 Å². The van der Waals surface area contributed by atoms with E-state index >= 15 is 0 Å². The fourth-order valence-electron chi connectivity index (χ4n) is 2.32. The molecule has 0 saturated carbocycles. The van der Waals surface area contributed by atoms with Crippen molar-refractivity contribution in [1.29, 1.82) is 0 Å². The molecular formula is C14H17ClN2O3S. The van der Waals surface area contributed by atoms with Gasteiger partial charge in [0.2, 0.25) is 0 Å². The molecule has 2 rings (SSSR count). The van der Waals surface area contributed by atoms with Gasteiger partial charge in [-0.2, -0.15) is 0 Å². The molecule has 1 N–H and O–H groups in total. The predicted molar refractivity (Wildman–Crippen MR) is 82.7 cm³/mol. The van der Waals surface area contributed by atoms with Gasteiger partial charge in [0, 0.05) is 17.6 Å². The molecule has 1 fully saturated rings. The van der Waals surface area contributed by atoms with Gasteiger partial charge >= 0.3 is 5.97 Å². The molecule has 0 radical (unpaired) electrons. The van der Waals surface area contributed by atoms with Gasteiger partial charge in [-0.25, -0.2) is 4.79 Å². The zero-order chi connectivity index (χ0) is 15.6. The number of hydrogen-bond donors (Lipinski definition) is 1. The average Bonchev–Trinajstić information content (AvgIpc) is 2.82. The fourth-order valence-corrected chi connectivity index (χ4v) is 4.12. The van der Waals surface area contributed by atoms with Crippen molar-refractivity contribution < 1.29 is 14.7 Å². The van der Waals surface area contributed by atoms with Crippen LogP contribution in [0.15, 0.2) is 12.3 Å². The zero-order valence-electron chi connectivity index (χ0n) is 11.9. The van der Waals surface area contributed by atoms with Gasteiger partial charge in [0.05, 0.1) is 16.0 Å². The van der Waals surface area contributed by atoms with Gasteiger partial charge < -0.3 is 10.0 Å². The predicted octanol–water partition coefficient (Wildman–Crippen LogP) is 2.81. The van der Waals surface area contributed by atoms with E-state index in [2.05, 4.69) is 4.98 Å². The number of pyridine rings is 1. The Balaban J connectivity index is 2.34. The molecular weight excluding hydrogens is 312 g/mol. The summed E-state index contributed by atoms with van der Waals surface area (Å²) in [7, 11) is 0. The van der Waals surface area contributed by atoms with E-state index in [4.69, 9.17) is 11.6 Å². The second kappa shape index (κ2) is 6.66. The van der Waals surface area contributed by atoms with Crippen molar-refractivity contribution in [2.24, 2.45) is 0 Å². The highest BCUT2D eigenvalue weighted by Crippen LogP contribution is 2.34. The molecule has 2 unspecified atom stereocenters. The Labute approximate surface area is 132 Å². The van der Waals surface area contributed by atoms with Crippen LogP contribution in [0, 0.1) is 6.92 Å². The first-order chi connectivity index (χ1) is 9.95. The Bertz CT molecular complexity index is 567. The lowest BCUT2D eigenvalue weighted by atomic mass is 10.1. The maximum atomic E-state index is 12.7. The van der Waals surface area contributed by atoms with E-state index in [1.165, 1.54) is 22.9 Å². The number of amides is 1. The molecule has 0 bridgehead atoms. The van der Waals surface area contributed by atoms with Gasteiger partial charge in [0.15, 0.2) is 0 Å². The van der Waals surface area contributed by atoms with Crippen molar-refractivity contribution in [2.45, 2.75) is 38.1 Å². The van der Waals surface area contributed by atoms with Gasteiger partial charge in [0.1, 0.15) is 6.04 Å². The topological polar surface area (TPSA) is 70.5 Å². The highest BCUT2D eigenvalue weighted by Gasteiger charge is 2.41. The first-order valence-electron chi connectivity index (χ1n) is 6.75. The molecule has 0 spiro atoms. The van der Waals surface area contributed by atoms with Gasteiger partial charge in [-0.15, -0.1) is 11.8 Å². The van der Waals surface area contributed by atoms with Gasteiger partial charge in [-0.05, 0) is 19.4 Å². The Morgan fingerprint density at radius 3 is 2.86 bits per heavy atom. The summed E-state index contributed by atoms with van der Waals surface area (Å²) in [5, 5.41) is 9.51. The molecule has 5 nitrogen and oxygen atoms in total. The fraction of sp³-hybridized carbons (Fsp3) is 0.500. The van der Waals surface area contributed by atoms with Crippen molar-refractivity contribution >= 4 is 35.2 Å². The minimum absolute atomic E-state index is 0.124. The number of thioether (sulfide) groups is 1. The summed E-state index contributed by atoms with van der Waals surface area (Å²) in [6.07, 6.45) is 3.07. The second-order valence-electron chi connectivity index (χ2n) is 4.95. The summed E-state index contributed by atoms with van der Waals surface area (Å²) in [5.41, 5.74) is 0.976. The molecule has 1 amide bonds. The van der Waals surface area contributed by atoms with E-state index < -0.39 is 12.0 Å². The first-order valence-corrected chi connectivity index (χ1v) is 8.17. The number of aryl methyl sites for hydroxylation is 1. The maximum Gasteiger partial charge on any atom is 0.327 e. The Morgan fingerprint density at radius 1 is 1.57 bits per heavy atom. The van der Waals surface area contributed by atoms with E-state index in [-0.39, 0.29) is 16.8 Å². The molecule has 21 heavy (non-hydrogen) atoms. The average molecular weight is 329 g/mol. The quantitative estimate of drug-likeness (QED) is 0.920. The summed E-state index contributed by atoms with van der Waals surface area (Å²) < 4.78 is 0. The lowest BCUT2D eigenvalue weighted by Crippen LogP contribution is -2.45. The number of aliphatic carboxylic acids is 1. The third kappa shape index (κ3) is 3.32. The van der Waals surface area contributed by atoms with Crippen LogP contribution in [-0.4, -0.2) is 44.0 Å². The molecule has 2 heterocycles. The van der Waals surface area contributed by atoms with Gasteiger partial charge in [0.25, 0.3) is 5.91 Å². The molecule has 0 aliphatic carbocycles. The molecule has 2 atom stereocenters. The van der Waals surface area contributed by atoms with Crippen molar-refractivity contribution in [3.63, 3.8) is 0 Å². The van der Waals surface area contributed by atoms with Crippen LogP contribution in [0.2, 0.25) is 5.02 Å². The van der Waals surface area contributed by atoms with Crippen molar-refractivity contribution in [3.8, 4) is 0 Å². The summed E-state index contributed by atoms with van der Waals surface area (Å²) in [4.78, 5) is 29.6. The second-order valence-corrected chi connectivity index (χ2v) is 6.57. The standard InChI is InChI=1S/C14H17ClN2O3S/c1-3-4-12-17(11(7-21-12)14(19)20)13(18)9-6-16-8(2)5-10(9)15/h5-6,11-12H,3-4,7H2,1-2H3,(H,19,20). The Morgan fingerprint density at radius 2 is 2.29 bits per heavy atom. The SMILES string of the molecule is CCCC1SCC(C(=O)O)N1C(=O)c1cnc(C)cc1Cl. The number of carboxylic acid groups (broad SMARTS) is 1. The van der Waals surface area contributed by atoms with Crippen molar-refractivity contribution in [3.05, 3.63) is 28.5 Å². The molecule has 1 aliphatic heterocycles. The monoisotopic (exact) mass is 328 g/mol. The molecule has 114 valence electrons. The highest BCUT2D eigenvalue weighted by atomic mass is 35.5. The molecule has 0 aromatic carbocycles. The van der Waals surface area contributed by atoms with Crippen LogP contribution in [0.4, 0.5) is 0 Å². The number of halogens is 1. The van der Waals surface area contributed by atoms with E-state index in [0.717, 1.165) is 12.8 Å². The number of rotatable bonds is 4. The van der Waals surface area contributed by atoms with Crippen LogP contribution in [0.25, 0.3) is 0 Å². The van der Waals surface area contributed by atoms with Gasteiger partial charge in [-0.3, -0.25) is 9.78 Å². The number of aromatic nitrogens is 1. The zero-order valence-corrected chi connectivity index (χ0v) is 13.4. The molecule has 1 saturated heterocycles. The van der Waals surface area contributed by atoms with Crippen LogP contribution in [0.5, 0.6) is 0 Å². The first kappa shape index (κ1) is 16.1. The van der Waals surface area contributed by atoms with Crippen LogP contribution >= 0.6 is 23.4 Å². The van der Waals surface area contributed by atoms with Crippen molar-refractivity contribution in [1.82, 2.24) is 9.88 Å². The normalized spacial score (nSPS) is 21.6. The third-order valence-corrected chi connectivity index (χ3v) is 5.04. The van der Waals surface area contributed by atoms with Gasteiger partial charge in [-0.1, -0.05) is 24.9 Å². The molecule has 1 aliphatic rings. The number of carboxylic acids is 1. The Kier molecular flexibility index (Phi) is 5.11. The number of carbonyl (C=O) groups excluding carboxylic acids is 1. The smallest absolute Gasteiger partial charge is 0.327 e. The van der Waals surface area contributed by atoms with E-state index in [1.54, 1.807) is 13.0 Å². The minimum Gasteiger partial charge on any atom is -0.480 e. The summed E-state index contributed by atoms with van der Waals surface area (Å²) in [6.45, 7) is 3.80. The van der Waals surface area contributed by atoms with E-state index in [9.17, 15) is 14.7 Å². The summed E-state index contributed by atoms with van der Waals surface area (Å²) in [6, 6.07) is 0.805. The van der Waals surface area contributed by atoms with Crippen LogP contribution < -0.4 is 0 Å². The molecule has 7 heteroatoms. The molecule has 1 aromatic rings. The number of hydrogen-bond acceptors (Lipinski definition) is 4. The lowest BCUT2D eigenvalue weighted by Gasteiger charge is -2.27. The minimum atomic E-state index is -0.981. The molecule has 1 aromatic heterocycles. The maximum absolute atomic E-state index is 12.7. The van der Waals surface area contributed by atoms with E-state index in [0.29, 0.717) is 16.5 Å². The Hall–Kier alpha value is -1.27. The number of carbonyl (C=O) groups is 2. The third-order valence-electron chi connectivity index (χ3n) is 3.37. The van der Waals surface area contributed by atoms with Crippen molar-refractivity contribution in [2.75, 3.05) is 5.75 Å². The lowest BCUT2D eigenvalue weighted by molar-refractivity contribution is -0.141. The summed E-state index contributed by atoms with van der Waals surface area (Å²) in [5.74, 6) is -0.933. The highest BCUT2D eigenvalue weighted by molar-refractivity contribution is 8.00. The van der Waals surface area contributed by atoms with Crippen LogP contribution in [0.1, 0.15) is 35.8 Å². The number of nitrogens with zero attached hydrogens (tertiary/aromatic N) is 2.